The van der Waals surface area contributed by atoms with Crippen molar-refractivity contribution in [2.45, 2.75) is 44.3 Å². The van der Waals surface area contributed by atoms with Crippen LogP contribution >= 0.6 is 11.6 Å². The van der Waals surface area contributed by atoms with Crippen molar-refractivity contribution in [2.75, 3.05) is 63.8 Å². The van der Waals surface area contributed by atoms with Gasteiger partial charge in [-0.1, -0.05) is 29.8 Å². The van der Waals surface area contributed by atoms with E-state index >= 15 is 0 Å². The first kappa shape index (κ1) is 31.0. The Morgan fingerprint density at radius 2 is 1.98 bits per heavy atom. The van der Waals surface area contributed by atoms with E-state index in [9.17, 15) is 14.0 Å². The van der Waals surface area contributed by atoms with Crippen molar-refractivity contribution in [3.63, 3.8) is 0 Å². The topological polar surface area (TPSA) is 91.3 Å². The number of anilines is 2. The monoisotopic (exact) mass is 636 g/mol. The van der Waals surface area contributed by atoms with E-state index in [1.54, 1.807) is 11.0 Å². The van der Waals surface area contributed by atoms with Crippen molar-refractivity contribution in [3.05, 3.63) is 64.6 Å². The molecule has 0 saturated carbocycles. The summed E-state index contributed by atoms with van der Waals surface area (Å²) in [5, 5.41) is 1.68. The molecule has 12 heteroatoms. The van der Waals surface area contributed by atoms with Crippen LogP contribution in [0.2, 0.25) is 5.02 Å². The lowest BCUT2D eigenvalue weighted by Gasteiger charge is -2.35. The SMILES string of the molecule is COC(=O)/C=C/C(=O)N1CCC(N(C)c2nc(OC[C@@H]3CCCN3C)nc3c2CCN(c2cccc4ccc(F)c(Cl)c24)C3)C1. The average molecular weight is 637 g/mol. The number of methoxy groups -OCH3 is 1. The molecule has 0 bridgehead atoms. The Kier molecular flexibility index (Phi) is 9.09. The summed E-state index contributed by atoms with van der Waals surface area (Å²) in [6, 6.07) is 9.66. The number of halogens is 2. The first-order valence-electron chi connectivity index (χ1n) is 15.4. The second kappa shape index (κ2) is 13.2. The van der Waals surface area contributed by atoms with Gasteiger partial charge in [-0.15, -0.1) is 0 Å². The highest BCUT2D eigenvalue weighted by Gasteiger charge is 2.33. The van der Waals surface area contributed by atoms with Crippen molar-refractivity contribution in [1.82, 2.24) is 19.8 Å². The fraction of sp³-hybridized carbons (Fsp3) is 0.455. The maximum Gasteiger partial charge on any atom is 0.330 e. The van der Waals surface area contributed by atoms with E-state index in [1.165, 1.54) is 19.3 Å². The Morgan fingerprint density at radius 3 is 2.76 bits per heavy atom. The number of carbonyl (C=O) groups is 2. The van der Waals surface area contributed by atoms with Gasteiger partial charge in [-0.2, -0.15) is 9.97 Å². The molecule has 2 saturated heterocycles. The van der Waals surface area contributed by atoms with Gasteiger partial charge in [0.05, 0.1) is 24.4 Å². The Morgan fingerprint density at radius 1 is 1.13 bits per heavy atom. The van der Waals surface area contributed by atoms with Gasteiger partial charge >= 0.3 is 12.0 Å². The van der Waals surface area contributed by atoms with Crippen LogP contribution in [0.3, 0.4) is 0 Å². The molecule has 4 heterocycles. The van der Waals surface area contributed by atoms with Crippen LogP contribution in [-0.4, -0.2) is 97.7 Å². The number of likely N-dealkylation sites (N-methyl/N-ethyl adjacent to an activating group) is 2. The molecule has 238 valence electrons. The summed E-state index contributed by atoms with van der Waals surface area (Å²) < 4.78 is 25.4. The highest BCUT2D eigenvalue weighted by atomic mass is 35.5. The molecule has 6 rings (SSSR count). The number of nitrogens with zero attached hydrogens (tertiary/aromatic N) is 6. The normalized spacial score (nSPS) is 20.2. The Hall–Kier alpha value is -3.96. The molecule has 0 radical (unpaired) electrons. The van der Waals surface area contributed by atoms with Gasteiger partial charge in [0.15, 0.2) is 0 Å². The van der Waals surface area contributed by atoms with Gasteiger partial charge in [0.2, 0.25) is 5.91 Å². The molecule has 3 aliphatic heterocycles. The van der Waals surface area contributed by atoms with Gasteiger partial charge in [0, 0.05) is 67.6 Å². The lowest BCUT2D eigenvalue weighted by molar-refractivity contribution is -0.135. The van der Waals surface area contributed by atoms with E-state index in [1.807, 2.05) is 25.2 Å². The van der Waals surface area contributed by atoms with Gasteiger partial charge < -0.3 is 29.1 Å². The fourth-order valence-corrected chi connectivity index (χ4v) is 6.88. The van der Waals surface area contributed by atoms with E-state index in [0.717, 1.165) is 60.0 Å². The van der Waals surface area contributed by atoms with Gasteiger partial charge in [0.25, 0.3) is 0 Å². The fourth-order valence-electron chi connectivity index (χ4n) is 6.61. The van der Waals surface area contributed by atoms with Crippen LogP contribution in [0.25, 0.3) is 10.8 Å². The number of esters is 1. The number of likely N-dealkylation sites (tertiary alicyclic amines) is 2. The zero-order valence-corrected chi connectivity index (χ0v) is 26.6. The van der Waals surface area contributed by atoms with Crippen LogP contribution in [0, 0.1) is 5.82 Å². The zero-order valence-electron chi connectivity index (χ0n) is 25.8. The highest BCUT2D eigenvalue weighted by molar-refractivity contribution is 6.36. The summed E-state index contributed by atoms with van der Waals surface area (Å²) in [5.41, 5.74) is 2.74. The lowest BCUT2D eigenvalue weighted by Crippen LogP contribution is -2.39. The van der Waals surface area contributed by atoms with Crippen LogP contribution in [-0.2, 0) is 27.3 Å². The maximum absolute atomic E-state index is 14.5. The molecule has 3 aromatic rings. The minimum Gasteiger partial charge on any atom is -0.466 e. The number of aromatic nitrogens is 2. The molecule has 10 nitrogen and oxygen atoms in total. The number of benzene rings is 2. The van der Waals surface area contributed by atoms with Crippen LogP contribution < -0.4 is 14.5 Å². The quantitative estimate of drug-likeness (QED) is 0.266. The molecule has 1 aromatic heterocycles. The smallest absolute Gasteiger partial charge is 0.330 e. The van der Waals surface area contributed by atoms with Crippen LogP contribution in [0.1, 0.15) is 30.5 Å². The van der Waals surface area contributed by atoms with Crippen LogP contribution in [0.4, 0.5) is 15.9 Å². The number of ether oxygens (including phenoxy) is 2. The third-order valence-corrected chi connectivity index (χ3v) is 9.64. The molecule has 2 fully saturated rings. The average Bonchev–Trinajstić information content (AvgIpc) is 3.72. The van der Waals surface area contributed by atoms with E-state index in [4.69, 9.17) is 26.3 Å². The summed E-state index contributed by atoms with van der Waals surface area (Å²) in [7, 11) is 5.39. The van der Waals surface area contributed by atoms with Gasteiger partial charge in [-0.25, -0.2) is 9.18 Å². The van der Waals surface area contributed by atoms with Crippen molar-refractivity contribution < 1.29 is 23.5 Å². The van der Waals surface area contributed by atoms with Crippen molar-refractivity contribution >= 4 is 45.8 Å². The second-order valence-corrected chi connectivity index (χ2v) is 12.3. The molecular weight excluding hydrogens is 599 g/mol. The van der Waals surface area contributed by atoms with Crippen molar-refractivity contribution in [1.29, 1.82) is 0 Å². The summed E-state index contributed by atoms with van der Waals surface area (Å²) in [6.07, 6.45) is 6.03. The second-order valence-electron chi connectivity index (χ2n) is 11.9. The number of hydrogen-bond donors (Lipinski definition) is 0. The number of carbonyl (C=O) groups excluding carboxylic acids is 2. The predicted octanol–water partition coefficient (Wildman–Crippen LogP) is 4.22. The molecule has 0 spiro atoms. The summed E-state index contributed by atoms with van der Waals surface area (Å²) in [4.78, 5) is 42.4. The third kappa shape index (κ3) is 6.41. The molecule has 2 aromatic carbocycles. The van der Waals surface area contributed by atoms with Gasteiger partial charge in [0.1, 0.15) is 18.2 Å². The molecule has 0 N–H and O–H groups in total. The molecule has 1 amide bonds. The Labute approximate surface area is 267 Å². The predicted molar refractivity (Wildman–Crippen MR) is 171 cm³/mol. The first-order chi connectivity index (χ1) is 21.7. The molecule has 45 heavy (non-hydrogen) atoms. The highest BCUT2D eigenvalue weighted by Crippen LogP contribution is 2.38. The number of amides is 1. The van der Waals surface area contributed by atoms with Crippen LogP contribution in [0.15, 0.2) is 42.5 Å². The lowest BCUT2D eigenvalue weighted by atomic mass is 10.0. The Bertz CT molecular complexity index is 1640. The first-order valence-corrected chi connectivity index (χ1v) is 15.7. The van der Waals surface area contributed by atoms with Gasteiger partial charge in [-0.3, -0.25) is 4.79 Å². The minimum absolute atomic E-state index is 0.0196. The number of fused-ring (bicyclic) bond motifs is 2. The van der Waals surface area contributed by atoms with E-state index in [-0.39, 0.29) is 17.0 Å². The maximum atomic E-state index is 14.5. The standard InChI is InChI=1S/C33H38ClFN6O4/c1-38-15-5-7-23(38)20-45-33-36-26-19-40(27-8-4-6-21-9-10-25(35)31(34)30(21)27)17-14-24(26)32(37-33)39(2)22-13-16-41(18-22)28(42)11-12-29(43)44-3/h4,6,8-12,22-23H,5,7,13-20H2,1-3H3/b12-11+/t22?,23-/m0/s1. The number of rotatable bonds is 8. The summed E-state index contributed by atoms with van der Waals surface area (Å²) in [5.74, 6) is -0.449. The number of hydrogen-bond acceptors (Lipinski definition) is 9. The summed E-state index contributed by atoms with van der Waals surface area (Å²) >= 11 is 6.49. The van der Waals surface area contributed by atoms with E-state index < -0.39 is 11.8 Å². The molecule has 0 aliphatic carbocycles. The van der Waals surface area contributed by atoms with Crippen LogP contribution in [0.5, 0.6) is 6.01 Å². The van der Waals surface area contributed by atoms with Crippen molar-refractivity contribution in [2.24, 2.45) is 0 Å². The largest absolute Gasteiger partial charge is 0.466 e. The molecule has 2 atom stereocenters. The Balaban J connectivity index is 1.29. The van der Waals surface area contributed by atoms with E-state index in [2.05, 4.69) is 26.5 Å². The zero-order chi connectivity index (χ0) is 31.7. The van der Waals surface area contributed by atoms with E-state index in [0.29, 0.717) is 56.6 Å². The van der Waals surface area contributed by atoms with Crippen molar-refractivity contribution in [3.8, 4) is 6.01 Å². The molecule has 3 aliphatic rings. The van der Waals surface area contributed by atoms with Gasteiger partial charge in [-0.05, 0) is 56.8 Å². The molecular formula is C33H38ClFN6O4. The third-order valence-electron chi connectivity index (χ3n) is 9.27. The molecule has 1 unspecified atom stereocenters. The summed E-state index contributed by atoms with van der Waals surface area (Å²) in [6.45, 7) is 3.76. The minimum atomic E-state index is -0.565.